The summed E-state index contributed by atoms with van der Waals surface area (Å²) in [4.78, 5) is 9.93. The number of halogens is 1. The largest absolute Gasteiger partial charge is 0.304 e. The molecule has 1 aromatic rings. The van der Waals surface area contributed by atoms with Gasteiger partial charge in [0, 0.05) is 26.2 Å². The van der Waals surface area contributed by atoms with Gasteiger partial charge < -0.3 is 4.90 Å². The molecule has 82 valence electrons. The van der Waals surface area contributed by atoms with Crippen molar-refractivity contribution in [2.24, 2.45) is 0 Å². The second-order valence-electron chi connectivity index (χ2n) is 3.63. The Labute approximate surface area is 87.9 Å². The number of hydrazine groups is 1. The van der Waals surface area contributed by atoms with Crippen LogP contribution in [0.25, 0.3) is 0 Å². The van der Waals surface area contributed by atoms with Crippen molar-refractivity contribution in [3.8, 4) is 0 Å². The summed E-state index contributed by atoms with van der Waals surface area (Å²) in [5.74, 6) is 0.0277. The maximum absolute atomic E-state index is 12.5. The second-order valence-corrected chi connectivity index (χ2v) is 3.63. The molecule has 0 aromatic carbocycles. The maximum Gasteiger partial charge on any atom is 0.237 e. The van der Waals surface area contributed by atoms with Crippen LogP contribution in [-0.4, -0.2) is 53.1 Å². The third-order valence-corrected chi connectivity index (χ3v) is 2.38. The minimum absolute atomic E-state index is 0.418. The summed E-state index contributed by atoms with van der Waals surface area (Å²) >= 11 is 0. The fourth-order valence-corrected chi connectivity index (χ4v) is 1.43. The van der Waals surface area contributed by atoms with Crippen molar-refractivity contribution in [1.82, 2.24) is 19.9 Å². The summed E-state index contributed by atoms with van der Waals surface area (Å²) in [6.07, 6.45) is 2.32. The molecule has 15 heavy (non-hydrogen) atoms. The van der Waals surface area contributed by atoms with E-state index in [4.69, 9.17) is 0 Å². The topological polar surface area (TPSA) is 44.3 Å². The van der Waals surface area contributed by atoms with Crippen molar-refractivity contribution in [1.29, 1.82) is 0 Å². The van der Waals surface area contributed by atoms with Crippen LogP contribution in [0, 0.1) is 5.82 Å². The van der Waals surface area contributed by atoms with Gasteiger partial charge in [0.25, 0.3) is 0 Å². The minimum atomic E-state index is -0.418. The van der Waals surface area contributed by atoms with E-state index in [9.17, 15) is 4.39 Å². The van der Waals surface area contributed by atoms with Crippen LogP contribution in [0.2, 0.25) is 0 Å². The van der Waals surface area contributed by atoms with Gasteiger partial charge >= 0.3 is 0 Å². The van der Waals surface area contributed by atoms with E-state index in [2.05, 4.69) is 27.3 Å². The van der Waals surface area contributed by atoms with E-state index in [1.807, 2.05) is 5.01 Å². The number of nitrogens with one attached hydrogen (secondary N) is 1. The van der Waals surface area contributed by atoms with E-state index in [1.165, 1.54) is 0 Å². The number of piperazine rings is 1. The molecule has 0 atom stereocenters. The lowest BCUT2D eigenvalue weighted by Crippen LogP contribution is -2.47. The van der Waals surface area contributed by atoms with E-state index in [0.717, 1.165) is 38.6 Å². The highest BCUT2D eigenvalue weighted by molar-refractivity contribution is 5.20. The van der Waals surface area contributed by atoms with Crippen molar-refractivity contribution < 1.29 is 4.39 Å². The first-order valence-corrected chi connectivity index (χ1v) is 4.92. The Morgan fingerprint density at radius 2 is 1.80 bits per heavy atom. The predicted octanol–water partition coefficient (Wildman–Crippen LogP) is 0.190. The minimum Gasteiger partial charge on any atom is -0.304 e. The third kappa shape index (κ3) is 2.84. The first-order valence-electron chi connectivity index (χ1n) is 4.92. The van der Waals surface area contributed by atoms with E-state index >= 15 is 0 Å². The smallest absolute Gasteiger partial charge is 0.237 e. The fraction of sp³-hybridized carbons (Fsp3) is 0.556. The van der Waals surface area contributed by atoms with Crippen LogP contribution in [0.3, 0.4) is 0 Å². The number of rotatable bonds is 2. The molecule has 2 rings (SSSR count). The Kier molecular flexibility index (Phi) is 3.08. The predicted molar refractivity (Wildman–Crippen MR) is 54.7 cm³/mol. The Hall–Kier alpha value is -1.27. The van der Waals surface area contributed by atoms with Gasteiger partial charge in [0.1, 0.15) is 0 Å². The number of nitrogens with zero attached hydrogens (tertiary/aromatic N) is 4. The molecule has 0 aliphatic carbocycles. The van der Waals surface area contributed by atoms with Gasteiger partial charge in [0.2, 0.25) is 5.95 Å². The lowest BCUT2D eigenvalue weighted by atomic mass is 10.4. The van der Waals surface area contributed by atoms with Crippen LogP contribution < -0.4 is 5.43 Å². The number of hydrogen-bond acceptors (Lipinski definition) is 5. The molecule has 6 heteroatoms. The summed E-state index contributed by atoms with van der Waals surface area (Å²) < 4.78 is 12.5. The van der Waals surface area contributed by atoms with E-state index in [0.29, 0.717) is 5.95 Å². The lowest BCUT2D eigenvalue weighted by molar-refractivity contribution is 0.178. The molecule has 0 spiro atoms. The molecule has 1 saturated heterocycles. The maximum atomic E-state index is 12.5. The molecule has 0 saturated carbocycles. The molecule has 0 bridgehead atoms. The zero-order chi connectivity index (χ0) is 10.7. The Balaban J connectivity index is 1.89. The quantitative estimate of drug-likeness (QED) is 0.756. The molecule has 0 unspecified atom stereocenters. The van der Waals surface area contributed by atoms with Crippen LogP contribution in [-0.2, 0) is 0 Å². The molecular formula is C9H14FN5. The third-order valence-electron chi connectivity index (χ3n) is 2.38. The van der Waals surface area contributed by atoms with Gasteiger partial charge in [-0.1, -0.05) is 0 Å². The highest BCUT2D eigenvalue weighted by Crippen LogP contribution is 2.03. The molecular weight excluding hydrogens is 197 g/mol. The van der Waals surface area contributed by atoms with E-state index in [1.54, 1.807) is 0 Å². The molecule has 1 fully saturated rings. The first kappa shape index (κ1) is 10.3. The molecule has 0 amide bonds. The van der Waals surface area contributed by atoms with Gasteiger partial charge in [-0.25, -0.2) is 19.4 Å². The molecule has 2 heterocycles. The van der Waals surface area contributed by atoms with Gasteiger partial charge in [0.15, 0.2) is 5.82 Å². The highest BCUT2D eigenvalue weighted by Gasteiger charge is 2.13. The highest BCUT2D eigenvalue weighted by atomic mass is 19.1. The average molecular weight is 211 g/mol. The number of likely N-dealkylation sites (N-methyl/N-ethyl adjacent to an activating group) is 1. The van der Waals surface area contributed by atoms with Crippen molar-refractivity contribution >= 4 is 5.95 Å². The zero-order valence-electron chi connectivity index (χ0n) is 8.65. The number of aromatic nitrogens is 2. The molecule has 1 aliphatic heterocycles. The fourth-order valence-electron chi connectivity index (χ4n) is 1.43. The summed E-state index contributed by atoms with van der Waals surface area (Å²) in [5, 5.41) is 2.03. The first-order chi connectivity index (χ1) is 7.24. The molecule has 5 nitrogen and oxygen atoms in total. The lowest BCUT2D eigenvalue weighted by Gasteiger charge is -2.32. The van der Waals surface area contributed by atoms with Crippen LogP contribution in [0.4, 0.5) is 10.3 Å². The normalized spacial score (nSPS) is 19.1. The summed E-state index contributed by atoms with van der Waals surface area (Å²) in [5.41, 5.74) is 3.05. The van der Waals surface area contributed by atoms with Crippen molar-refractivity contribution in [3.05, 3.63) is 18.2 Å². The SMILES string of the molecule is CN1CCN(Nc2ncc(F)cn2)CC1. The molecule has 1 aliphatic rings. The summed E-state index contributed by atoms with van der Waals surface area (Å²) in [6.45, 7) is 3.84. The van der Waals surface area contributed by atoms with Crippen molar-refractivity contribution in [2.75, 3.05) is 38.7 Å². The molecule has 1 aromatic heterocycles. The Bertz CT molecular complexity index is 307. The van der Waals surface area contributed by atoms with E-state index in [-0.39, 0.29) is 0 Å². The van der Waals surface area contributed by atoms with Gasteiger partial charge in [-0.15, -0.1) is 0 Å². The van der Waals surface area contributed by atoms with Crippen LogP contribution in [0.5, 0.6) is 0 Å². The second kappa shape index (κ2) is 4.50. The monoisotopic (exact) mass is 211 g/mol. The Morgan fingerprint density at radius 1 is 1.20 bits per heavy atom. The average Bonchev–Trinajstić information content (AvgIpc) is 2.25. The van der Waals surface area contributed by atoms with Crippen LogP contribution in [0.1, 0.15) is 0 Å². The summed E-state index contributed by atoms with van der Waals surface area (Å²) in [7, 11) is 2.09. The van der Waals surface area contributed by atoms with Gasteiger partial charge in [-0.3, -0.25) is 5.43 Å². The Morgan fingerprint density at radius 3 is 2.40 bits per heavy atom. The van der Waals surface area contributed by atoms with Gasteiger partial charge in [-0.05, 0) is 7.05 Å². The van der Waals surface area contributed by atoms with Gasteiger partial charge in [-0.2, -0.15) is 0 Å². The van der Waals surface area contributed by atoms with Crippen LogP contribution in [0.15, 0.2) is 12.4 Å². The van der Waals surface area contributed by atoms with Crippen molar-refractivity contribution in [3.63, 3.8) is 0 Å². The summed E-state index contributed by atoms with van der Waals surface area (Å²) in [6, 6.07) is 0. The number of anilines is 1. The molecule has 0 radical (unpaired) electrons. The van der Waals surface area contributed by atoms with Crippen molar-refractivity contribution in [2.45, 2.75) is 0 Å². The molecule has 1 N–H and O–H groups in total. The standard InChI is InChI=1S/C9H14FN5/c1-14-2-4-15(5-3-14)13-9-11-6-8(10)7-12-9/h6-7H,2-5H2,1H3,(H,11,12,13). The number of hydrogen-bond donors (Lipinski definition) is 1. The van der Waals surface area contributed by atoms with E-state index < -0.39 is 5.82 Å². The zero-order valence-corrected chi connectivity index (χ0v) is 8.65. The van der Waals surface area contributed by atoms with Crippen LogP contribution >= 0.6 is 0 Å². The van der Waals surface area contributed by atoms with Gasteiger partial charge in [0.05, 0.1) is 12.4 Å².